The SMILES string of the molecule is O=C(Nc1nc(C2CC2)cs1)C(=O)NC(CCO)c1ccccc1. The van der Waals surface area contributed by atoms with E-state index in [1.807, 2.05) is 35.7 Å². The van der Waals surface area contributed by atoms with Gasteiger partial charge in [0.1, 0.15) is 0 Å². The van der Waals surface area contributed by atoms with Crippen LogP contribution in [0, 0.1) is 0 Å². The highest BCUT2D eigenvalue weighted by molar-refractivity contribution is 7.14. The summed E-state index contributed by atoms with van der Waals surface area (Å²) in [5.41, 5.74) is 1.83. The van der Waals surface area contributed by atoms with Crippen molar-refractivity contribution >= 4 is 28.3 Å². The van der Waals surface area contributed by atoms with Crippen molar-refractivity contribution in [1.29, 1.82) is 0 Å². The molecule has 1 unspecified atom stereocenters. The third kappa shape index (κ3) is 4.18. The van der Waals surface area contributed by atoms with Gasteiger partial charge in [-0.25, -0.2) is 4.98 Å². The summed E-state index contributed by atoms with van der Waals surface area (Å²) in [5, 5.41) is 16.7. The van der Waals surface area contributed by atoms with Crippen molar-refractivity contribution in [2.75, 3.05) is 11.9 Å². The van der Waals surface area contributed by atoms with Crippen molar-refractivity contribution in [2.24, 2.45) is 0 Å². The number of rotatable bonds is 6. The van der Waals surface area contributed by atoms with Gasteiger partial charge in [-0.1, -0.05) is 30.3 Å². The molecule has 2 aromatic rings. The van der Waals surface area contributed by atoms with Crippen molar-refractivity contribution in [1.82, 2.24) is 10.3 Å². The number of carbonyl (C=O) groups excluding carboxylic acids is 2. The van der Waals surface area contributed by atoms with E-state index in [2.05, 4.69) is 15.6 Å². The van der Waals surface area contributed by atoms with Crippen LogP contribution in [0.2, 0.25) is 0 Å². The van der Waals surface area contributed by atoms with Gasteiger partial charge in [0.2, 0.25) is 0 Å². The molecule has 1 heterocycles. The van der Waals surface area contributed by atoms with E-state index >= 15 is 0 Å². The number of anilines is 1. The Hall–Kier alpha value is -2.25. The quantitative estimate of drug-likeness (QED) is 0.700. The fourth-order valence-electron chi connectivity index (χ4n) is 2.42. The molecule has 1 aliphatic carbocycles. The highest BCUT2D eigenvalue weighted by atomic mass is 32.1. The Morgan fingerprint density at radius 1 is 1.25 bits per heavy atom. The maximum atomic E-state index is 12.1. The monoisotopic (exact) mass is 345 g/mol. The predicted molar refractivity (Wildman–Crippen MR) is 91.7 cm³/mol. The van der Waals surface area contributed by atoms with E-state index in [4.69, 9.17) is 0 Å². The largest absolute Gasteiger partial charge is 0.396 e. The van der Waals surface area contributed by atoms with Gasteiger partial charge in [0.05, 0.1) is 11.7 Å². The van der Waals surface area contributed by atoms with E-state index in [0.29, 0.717) is 17.5 Å². The number of hydrogen-bond acceptors (Lipinski definition) is 5. The zero-order valence-electron chi connectivity index (χ0n) is 13.1. The Labute approximate surface area is 143 Å². The Morgan fingerprint density at radius 3 is 2.67 bits per heavy atom. The van der Waals surface area contributed by atoms with Crippen LogP contribution in [0.25, 0.3) is 0 Å². The van der Waals surface area contributed by atoms with Crippen LogP contribution in [0.4, 0.5) is 5.13 Å². The number of benzene rings is 1. The van der Waals surface area contributed by atoms with Gasteiger partial charge in [0.25, 0.3) is 0 Å². The molecular weight excluding hydrogens is 326 g/mol. The minimum absolute atomic E-state index is 0.0846. The first-order valence-corrected chi connectivity index (χ1v) is 8.78. The smallest absolute Gasteiger partial charge is 0.315 e. The van der Waals surface area contributed by atoms with Gasteiger partial charge in [-0.3, -0.25) is 14.9 Å². The maximum absolute atomic E-state index is 12.1. The van der Waals surface area contributed by atoms with Gasteiger partial charge in [-0.05, 0) is 24.8 Å². The molecule has 0 saturated heterocycles. The van der Waals surface area contributed by atoms with Crippen LogP contribution in [0.3, 0.4) is 0 Å². The van der Waals surface area contributed by atoms with Gasteiger partial charge in [-0.15, -0.1) is 11.3 Å². The van der Waals surface area contributed by atoms with E-state index in [9.17, 15) is 14.7 Å². The predicted octanol–water partition coefficient (Wildman–Crippen LogP) is 2.20. The van der Waals surface area contributed by atoms with Crippen LogP contribution in [-0.2, 0) is 9.59 Å². The van der Waals surface area contributed by atoms with Gasteiger partial charge < -0.3 is 10.4 Å². The van der Waals surface area contributed by atoms with E-state index in [0.717, 1.165) is 24.1 Å². The number of thiazole rings is 1. The molecule has 0 aliphatic heterocycles. The number of nitrogens with zero attached hydrogens (tertiary/aromatic N) is 1. The highest BCUT2D eigenvalue weighted by Gasteiger charge is 2.27. The lowest BCUT2D eigenvalue weighted by molar-refractivity contribution is -0.136. The van der Waals surface area contributed by atoms with Crippen molar-refractivity contribution in [3.05, 3.63) is 47.0 Å². The van der Waals surface area contributed by atoms with Crippen LogP contribution in [0.15, 0.2) is 35.7 Å². The second kappa shape index (κ2) is 7.55. The summed E-state index contributed by atoms with van der Waals surface area (Å²) >= 11 is 1.33. The number of hydrogen-bond donors (Lipinski definition) is 3. The molecule has 3 N–H and O–H groups in total. The summed E-state index contributed by atoms with van der Waals surface area (Å²) < 4.78 is 0. The van der Waals surface area contributed by atoms with Gasteiger partial charge in [0.15, 0.2) is 5.13 Å². The highest BCUT2D eigenvalue weighted by Crippen LogP contribution is 2.40. The summed E-state index contributed by atoms with van der Waals surface area (Å²) in [7, 11) is 0. The van der Waals surface area contributed by atoms with Crippen molar-refractivity contribution in [3.8, 4) is 0 Å². The van der Waals surface area contributed by atoms with Gasteiger partial charge in [0, 0.05) is 17.9 Å². The van der Waals surface area contributed by atoms with Crippen molar-refractivity contribution < 1.29 is 14.7 Å². The molecule has 6 nitrogen and oxygen atoms in total. The molecule has 126 valence electrons. The first kappa shape index (κ1) is 16.6. The fourth-order valence-corrected chi connectivity index (χ4v) is 3.21. The minimum Gasteiger partial charge on any atom is -0.396 e. The number of aliphatic hydroxyl groups excluding tert-OH is 1. The molecule has 3 rings (SSSR count). The van der Waals surface area contributed by atoms with E-state index in [-0.39, 0.29) is 6.61 Å². The number of amides is 2. The van der Waals surface area contributed by atoms with Gasteiger partial charge >= 0.3 is 11.8 Å². The number of aromatic nitrogens is 1. The lowest BCUT2D eigenvalue weighted by Gasteiger charge is -2.17. The molecule has 0 radical (unpaired) electrons. The molecule has 0 bridgehead atoms. The number of nitrogens with one attached hydrogen (secondary N) is 2. The first-order valence-electron chi connectivity index (χ1n) is 7.90. The zero-order valence-corrected chi connectivity index (χ0v) is 13.9. The topological polar surface area (TPSA) is 91.3 Å². The van der Waals surface area contributed by atoms with Crippen LogP contribution in [0.1, 0.15) is 42.5 Å². The Balaban J connectivity index is 1.60. The Kier molecular flexibility index (Phi) is 5.22. The van der Waals surface area contributed by atoms with Crippen molar-refractivity contribution in [2.45, 2.75) is 31.2 Å². The molecule has 1 atom stereocenters. The fraction of sp³-hybridized carbons (Fsp3) is 0.353. The van der Waals surface area contributed by atoms with Crippen LogP contribution in [-0.4, -0.2) is 28.5 Å². The molecule has 1 aromatic carbocycles. The van der Waals surface area contributed by atoms with E-state index in [1.54, 1.807) is 0 Å². The lowest BCUT2D eigenvalue weighted by Crippen LogP contribution is -2.38. The summed E-state index contributed by atoms with van der Waals surface area (Å²) in [6, 6.07) is 8.85. The molecule has 2 amide bonds. The molecule has 0 spiro atoms. The molecular formula is C17H19N3O3S. The number of carbonyl (C=O) groups is 2. The zero-order chi connectivity index (χ0) is 16.9. The minimum atomic E-state index is -0.745. The van der Waals surface area contributed by atoms with Crippen molar-refractivity contribution in [3.63, 3.8) is 0 Å². The first-order chi connectivity index (χ1) is 11.7. The van der Waals surface area contributed by atoms with Crippen LogP contribution >= 0.6 is 11.3 Å². The second-order valence-corrected chi connectivity index (χ2v) is 6.61. The molecule has 24 heavy (non-hydrogen) atoms. The molecule has 1 saturated carbocycles. The number of aliphatic hydroxyl groups is 1. The molecule has 1 fully saturated rings. The Bertz CT molecular complexity index is 713. The third-order valence-corrected chi connectivity index (χ3v) is 4.65. The van der Waals surface area contributed by atoms with E-state index < -0.39 is 17.9 Å². The lowest BCUT2D eigenvalue weighted by atomic mass is 10.0. The third-order valence-electron chi connectivity index (χ3n) is 3.87. The molecule has 1 aliphatic rings. The molecule has 1 aromatic heterocycles. The van der Waals surface area contributed by atoms with E-state index in [1.165, 1.54) is 11.3 Å². The van der Waals surface area contributed by atoms with Crippen LogP contribution < -0.4 is 10.6 Å². The summed E-state index contributed by atoms with van der Waals surface area (Å²) in [6.45, 7) is -0.0846. The standard InChI is InChI=1S/C17H19N3O3S/c21-9-8-13(11-4-2-1-3-5-11)18-15(22)16(23)20-17-19-14(10-24-17)12-6-7-12/h1-5,10,12-13,21H,6-9H2,(H,18,22)(H,19,20,23). The maximum Gasteiger partial charge on any atom is 0.315 e. The Morgan fingerprint density at radius 2 is 2.00 bits per heavy atom. The average molecular weight is 345 g/mol. The normalized spacial score (nSPS) is 14.9. The average Bonchev–Trinajstić information content (AvgIpc) is 3.35. The van der Waals surface area contributed by atoms with Crippen LogP contribution in [0.5, 0.6) is 0 Å². The summed E-state index contributed by atoms with van der Waals surface area (Å²) in [5.74, 6) is -0.973. The second-order valence-electron chi connectivity index (χ2n) is 5.75. The molecule has 7 heteroatoms. The summed E-state index contributed by atoms with van der Waals surface area (Å²) in [6.07, 6.45) is 2.61. The summed E-state index contributed by atoms with van der Waals surface area (Å²) in [4.78, 5) is 28.5. The van der Waals surface area contributed by atoms with Gasteiger partial charge in [-0.2, -0.15) is 0 Å².